The zero-order chi connectivity index (χ0) is 85.2. The summed E-state index contributed by atoms with van der Waals surface area (Å²) >= 11 is 0. The van der Waals surface area contributed by atoms with Crippen LogP contribution in [0.5, 0.6) is 0 Å². The van der Waals surface area contributed by atoms with Gasteiger partial charge in [0.05, 0.1) is 0 Å². The predicted molar refractivity (Wildman–Crippen MR) is 667 cm³/mol. The van der Waals surface area contributed by atoms with Crippen LogP contribution in [0.3, 0.4) is 0 Å². The van der Waals surface area contributed by atoms with Gasteiger partial charge >= 0.3 is 0 Å². The van der Waals surface area contributed by atoms with Gasteiger partial charge < -0.3 is 0 Å². The fraction of sp³-hybridized carbons (Fsp3) is 0.941. The Morgan fingerprint density at radius 3 is 0.168 bits per heavy atom. The molecule has 0 spiro atoms. The monoisotopic (exact) mass is 1720 g/mol. The largest absolute Gasteiger partial charge is 0.124 e. The maximum absolute atomic E-state index is 6.21. The zero-order valence-electron chi connectivity index (χ0n) is 83.3. The third kappa shape index (κ3) is 529000. The second-order valence-electron chi connectivity index (χ2n) is 1.41. The molecule has 0 atom stereocenters. The average Bonchev–Trinajstić information content (AvgIpc) is 3.47. The van der Waals surface area contributed by atoms with Crippen LogP contribution in [0.15, 0.2) is 0 Å². The van der Waals surface area contributed by atoms with Gasteiger partial charge in [0, 0.05) is 76.0 Å². The number of terminal acetylenes is 3. The van der Waals surface area contributed by atoms with E-state index in [1.807, 2.05) is 0 Å². The van der Waals surface area contributed by atoms with E-state index in [0.717, 1.165) is 0 Å². The Balaban J connectivity index is -0.00000000259. The predicted octanol–water partition coefficient (Wildman–Crippen LogP) is 60.9. The summed E-state index contributed by atoms with van der Waals surface area (Å²) in [6.07, 6.45) is 19.8. The van der Waals surface area contributed by atoms with E-state index >= 15 is 0 Å². The average molecular weight is 1720 g/mol. The summed E-state index contributed by atoms with van der Waals surface area (Å²) in [5, 5.41) is 0. The Hall–Kier alpha value is -1.32. The third-order valence-electron chi connectivity index (χ3n) is 0. The van der Waals surface area contributed by atoms with Gasteiger partial charge in [-0.1, -0.05) is 699 Å². The van der Waals surface area contributed by atoms with Crippen molar-refractivity contribution < 1.29 is 80.1 Å². The molecule has 0 amide bonds. The van der Waals surface area contributed by atoms with Gasteiger partial charge in [-0.2, -0.15) is 0 Å². The van der Waals surface area contributed by atoms with Crippen LogP contribution >= 0.6 is 0 Å². The topological polar surface area (TPSA) is 0 Å². The molecule has 0 radical (unpaired) electrons. The molecule has 0 nitrogen and oxygen atoms in total. The van der Waals surface area contributed by atoms with Gasteiger partial charge in [-0.05, 0) is 0 Å². The van der Waals surface area contributed by atoms with Crippen LogP contribution in [0.1, 0.15) is 779 Å². The fourth-order valence-electron chi connectivity index (χ4n) is 0. The molecular weight excluding hydrogens is 1210 g/mol. The Kier molecular flexibility index (Phi) is 5310000. The highest BCUT2D eigenvalue weighted by Crippen LogP contribution is 1.56. The zero-order valence-corrected chi connectivity index (χ0v) is 27.3. The van der Waals surface area contributed by atoms with Crippen molar-refractivity contribution in [2.45, 2.75) is 699 Å². The fourth-order valence-corrected chi connectivity index (χ4v) is 0. The van der Waals surface area contributed by atoms with Gasteiger partial charge in [-0.25, -0.2) is 0 Å². The van der Waals surface area contributed by atoms with E-state index in [9.17, 15) is 0 Å². The molecule has 0 aromatic heterocycles. The molecule has 0 heteroatoms. The number of hydrogen-bond acceptors (Lipinski definition) is 0. The van der Waals surface area contributed by atoms with Gasteiger partial charge in [0.15, 0.2) is 0 Å². The summed E-state index contributed by atoms with van der Waals surface area (Å²) in [4.78, 5) is 0. The summed E-state index contributed by atoms with van der Waals surface area (Å²) in [5.74, 6) is 0. The minimum absolute atomic E-state index is 0. The highest BCUT2D eigenvalue weighted by molar-refractivity contribution is 4.47. The molecular formula is C101H384. The SMILES string of the molecule is C.C.C.C.C.C.C.C.C.C.C.C.C.C.C.C.C.C.C.C.C.C.C.C.C.C.C.C.C.C.C.C.C.C.C.C.C.C.C.C.C.C.C.C.C.C.C.C.C.C.C.C.C.C.C.C.C.C.C.C.C.C.C.CCC.CCC.[3HH].[3HH].[3H]C#C.[3H]C#C.[3H]C#C.[3H]CC.[3H]C[3H].[3H]C[3H].[3H]C[3H].[3H]C[3H].[3H]C[3H].[3H]C[3H].[3H]C[3H].[3H]C[3H].[3H]C[3H].[3H]C[3H].[3H]C[3H].[3H]C[3H].[3H]C[3H].[3H]C[3H].[3H]C[3H].[3H]C[3H].[3H]C[3H].[3H]C[3H].[3H]C[3H].[3H]C[3H].[3H]C[3H].[3H]C[3H].[3H]C[3H].[3H]C[3H].[3H][3H].[3H][3H]. The Bertz CT molecular complexity index is 459. The normalized spacial score (nSPS) is 5.72. The smallest absolute Gasteiger partial charge is 0.124 e. The third-order valence-corrected chi connectivity index (χ3v) is 0. The Morgan fingerprint density at radius 1 is 0.168 bits per heavy atom. The molecule has 0 saturated heterocycles. The molecule has 0 aliphatic carbocycles. The van der Waals surface area contributed by atoms with Crippen molar-refractivity contribution in [1.29, 1.82) is 0 Å². The summed E-state index contributed by atoms with van der Waals surface area (Å²) < 4.78 is 325. The van der Waals surface area contributed by atoms with E-state index in [0.29, 0.717) is 6.90 Å². The molecule has 0 aliphatic heterocycles. The van der Waals surface area contributed by atoms with Gasteiger partial charge in [0.1, 0.15) is 4.11 Å². The van der Waals surface area contributed by atoms with E-state index in [4.69, 9.17) is 77.2 Å². The minimum Gasteiger partial charge on any atom is -0.124 e. The van der Waals surface area contributed by atoms with Crippen LogP contribution in [0.4, 0.5) is 0 Å². The van der Waals surface area contributed by atoms with Crippen molar-refractivity contribution in [3.8, 4) is 38.5 Å². The molecule has 0 rings (SSSR count). The maximum Gasteiger partial charge on any atom is 0.124 e. The second-order valence-corrected chi connectivity index (χ2v) is 1.41. The quantitative estimate of drug-likeness (QED) is 0.212. The summed E-state index contributed by atoms with van der Waals surface area (Å²) in [7, 11) is -6.00. The Morgan fingerprint density at radius 2 is 0.168 bits per heavy atom. The molecule has 0 unspecified atom stereocenters. The van der Waals surface area contributed by atoms with Crippen molar-refractivity contribution in [3.63, 3.8) is 0 Å². The molecule has 101 heavy (non-hydrogen) atoms. The molecule has 788 valence electrons. The maximum atomic E-state index is 6.21. The lowest BCUT2D eigenvalue weighted by molar-refractivity contribution is 1.09. The van der Waals surface area contributed by atoms with E-state index in [1.165, 1.54) is 32.0 Å². The van der Waals surface area contributed by atoms with Crippen LogP contribution in [0.2, 0.25) is 0 Å². The van der Waals surface area contributed by atoms with Crippen molar-refractivity contribution >= 4 is 0 Å². The molecule has 0 fully saturated rings. The molecule has 0 aromatic rings. The van der Waals surface area contributed by atoms with Gasteiger partial charge in [-0.15, -0.1) is 38.5 Å². The van der Waals surface area contributed by atoms with Crippen LogP contribution in [0.25, 0.3) is 0 Å². The van der Waals surface area contributed by atoms with Gasteiger partial charge in [0.2, 0.25) is 0 Å². The van der Waals surface area contributed by atoms with E-state index in [-0.39, 0.29) is 648 Å². The second kappa shape index (κ2) is 2040000. The van der Waals surface area contributed by atoms with Crippen molar-refractivity contribution in [1.82, 2.24) is 0 Å². The summed E-state index contributed by atoms with van der Waals surface area (Å²) in [6.45, 7) is 10.8. The highest BCUT2D eigenvalue weighted by Gasteiger charge is 1.36. The van der Waals surface area contributed by atoms with Crippen LogP contribution in [-0.4, -0.2) is 0 Å². The first kappa shape index (κ1) is 264. The van der Waals surface area contributed by atoms with Crippen LogP contribution in [-0.2, 0) is 0 Å². The number of hydrogen-bond donors (Lipinski definition) is 0. The molecule has 0 N–H and O–H groups in total. The first-order valence-corrected chi connectivity index (χ1v) is 4.40. The van der Waals surface area contributed by atoms with E-state index < -0.39 is 0 Å². The van der Waals surface area contributed by atoms with Gasteiger partial charge in [0.25, 0.3) is 0 Å². The standard InChI is InChI=1S/2C3H8.C2H6.3C2H2.87CH4.4H2/c2*1-3-2;4*1-2;;;;;;;;;;;;;;;;;;;;;;;;;;;;;;;;;;;;;;;;;;;;;;;;;;;;;;;;;;;;;;;;;;;;;;;;;;;;;;;;;;;;;;;;;;;/h2*3H2,1-2H3;1-2H3;3*1-2H;87*1H4;4*1H/i;;4*1T;24*1T2;;;;;;;;;;;;;;;;;;;;;;;;;;;;;;;;;;;;;;;;;;;;;;;;;;;;;;;;;;;;;;;;2*1+2T;2*1+2. The molecule has 0 aromatic carbocycles. The lowest BCUT2D eigenvalue weighted by Crippen LogP contribution is -1.27. The lowest BCUT2D eigenvalue weighted by Gasteiger charge is -1.48. The van der Waals surface area contributed by atoms with Gasteiger partial charge in [-0.3, -0.25) is 0 Å². The number of rotatable bonds is 0. The van der Waals surface area contributed by atoms with Crippen LogP contribution in [0, 0.1) is 38.5 Å². The van der Waals surface area contributed by atoms with E-state index in [2.05, 4.69) is 47.0 Å². The molecule has 0 bridgehead atoms. The first-order chi connectivity index (χ1) is 44.4. The lowest BCUT2D eigenvalue weighted by atomic mass is 10.6. The van der Waals surface area contributed by atoms with Crippen molar-refractivity contribution in [2.75, 3.05) is 0 Å². The van der Waals surface area contributed by atoms with Crippen molar-refractivity contribution in [3.05, 3.63) is 0 Å². The van der Waals surface area contributed by atoms with Crippen molar-refractivity contribution in [2.24, 2.45) is 0 Å². The van der Waals surface area contributed by atoms with Crippen LogP contribution < -0.4 is 0 Å². The molecule has 0 aliphatic rings. The first-order valence-electron chi connectivity index (χ1n) is 42.5. The Labute approximate surface area is 817 Å². The minimum atomic E-state index is -0.250. The molecule has 0 heterocycles. The molecule has 0 saturated carbocycles. The highest BCUT2D eigenvalue weighted by atomic mass is 13.4. The summed E-state index contributed by atoms with van der Waals surface area (Å²) in [6, 6.07) is 0. The summed E-state index contributed by atoms with van der Waals surface area (Å²) in [5.41, 5.74) is 0. The van der Waals surface area contributed by atoms with E-state index in [1.54, 1.807) is 6.92 Å².